The van der Waals surface area contributed by atoms with Gasteiger partial charge in [0.05, 0.1) is 10.3 Å². The molecule has 1 aliphatic carbocycles. The van der Waals surface area contributed by atoms with Crippen LogP contribution in [0.4, 0.5) is 11.4 Å². The smallest absolute Gasteiger partial charge is 0.346 e. The van der Waals surface area contributed by atoms with E-state index in [-0.39, 0.29) is 33.7 Å². The largest absolute Gasteiger partial charge is 0.871 e. The minimum absolute atomic E-state index is 0.208. The first-order chi connectivity index (χ1) is 27.8. The van der Waals surface area contributed by atoms with Gasteiger partial charge in [0.25, 0.3) is 0 Å². The molecule has 2 aliphatic heterocycles. The molecule has 3 heterocycles. The van der Waals surface area contributed by atoms with E-state index >= 15 is 0 Å². The molecule has 3 aliphatic rings. The fourth-order valence-electron chi connectivity index (χ4n) is 8.54. The van der Waals surface area contributed by atoms with Crippen LogP contribution in [0.2, 0.25) is 0 Å². The number of fused-ring (bicyclic) bond motifs is 2. The van der Waals surface area contributed by atoms with E-state index in [1.807, 2.05) is 36.4 Å². The number of nitriles is 1. The van der Waals surface area contributed by atoms with Crippen molar-refractivity contribution in [1.29, 1.82) is 5.26 Å². The third-order valence-corrected chi connectivity index (χ3v) is 12.8. The predicted octanol–water partition coefficient (Wildman–Crippen LogP) is 10.3. The van der Waals surface area contributed by atoms with Crippen LogP contribution in [0.5, 0.6) is 0 Å². The standard InChI is InChI=1S/C50H55N3O4S/c1-7-9-10-11-12-13-14-15-16-19-28-53-43-27-23-34(22-24-36-25-26-37(58-36)30-35(33-51)48(56)57)29-41(43)50(5,6)45(53)32-39-46(54)38(47(39)55)31-44-49(3,4)40-20-17-18-21-42(40)52(44)8-2/h17-18,20-21,23,25-27,29-32H,7-16,19,28H2,1-6H3,(H-,54,55,56,57)/b35-30-. The molecule has 0 bridgehead atoms. The van der Waals surface area contributed by atoms with Crippen molar-refractivity contribution < 1.29 is 24.4 Å². The average Bonchev–Trinajstić information content (AvgIpc) is 3.82. The van der Waals surface area contributed by atoms with Gasteiger partial charge in [-0.1, -0.05) is 108 Å². The molecule has 0 saturated carbocycles. The maximum atomic E-state index is 14.0. The van der Waals surface area contributed by atoms with Crippen molar-refractivity contribution in [3.05, 3.63) is 121 Å². The number of Topliss-reactive ketones (excluding diaryl/α,β-unsaturated/α-hetero) is 1. The number of benzene rings is 2. The number of unbranched alkanes of at least 4 members (excludes halogenated alkanes) is 9. The molecule has 1 aromatic heterocycles. The zero-order valence-corrected chi connectivity index (χ0v) is 35.7. The lowest BCUT2D eigenvalue weighted by atomic mass is 9.77. The number of allylic oxidation sites excluding steroid dienone is 5. The second-order valence-corrected chi connectivity index (χ2v) is 17.7. The summed E-state index contributed by atoms with van der Waals surface area (Å²) in [7, 11) is 0. The van der Waals surface area contributed by atoms with E-state index < -0.39 is 11.4 Å². The van der Waals surface area contributed by atoms with E-state index in [2.05, 4.69) is 87.1 Å². The minimum Gasteiger partial charge on any atom is -0.871 e. The molecule has 0 spiro atoms. The number of carbonyl (C=O) groups is 2. The highest BCUT2D eigenvalue weighted by molar-refractivity contribution is 7.13. The summed E-state index contributed by atoms with van der Waals surface area (Å²) in [5.74, 6) is 4.81. The van der Waals surface area contributed by atoms with Gasteiger partial charge in [0, 0.05) is 69.1 Å². The Labute approximate surface area is 348 Å². The normalized spacial score (nSPS) is 18.0. The summed E-state index contributed by atoms with van der Waals surface area (Å²) in [6.45, 7) is 14.5. The first-order valence-corrected chi connectivity index (χ1v) is 21.7. The summed E-state index contributed by atoms with van der Waals surface area (Å²) >= 11 is 1.33. The molecule has 1 N–H and O–H groups in total. The number of carboxylic acid groups (broad SMARTS) is 1. The molecule has 8 heteroatoms. The number of aliphatic carboxylic acids is 1. The highest BCUT2D eigenvalue weighted by Gasteiger charge is 2.46. The van der Waals surface area contributed by atoms with Crippen molar-refractivity contribution in [3.63, 3.8) is 0 Å². The van der Waals surface area contributed by atoms with Crippen LogP contribution in [0.15, 0.2) is 94.9 Å². The Balaban J connectivity index is 1.28. The van der Waals surface area contributed by atoms with Gasteiger partial charge < -0.3 is 15.1 Å². The molecule has 300 valence electrons. The fourth-order valence-corrected chi connectivity index (χ4v) is 9.34. The molecule has 3 aromatic rings. The van der Waals surface area contributed by atoms with Gasteiger partial charge in [0.2, 0.25) is 5.69 Å². The quantitative estimate of drug-likeness (QED) is 0.0509. The number of likely N-dealkylation sites (N-methyl/N-ethyl adjacent to an activating group) is 1. The lowest BCUT2D eigenvalue weighted by Gasteiger charge is -2.32. The number of rotatable bonds is 16. The van der Waals surface area contributed by atoms with Crippen molar-refractivity contribution in [2.75, 3.05) is 18.0 Å². The monoisotopic (exact) mass is 793 g/mol. The van der Waals surface area contributed by atoms with Crippen LogP contribution in [0.25, 0.3) is 6.08 Å². The Morgan fingerprint density at radius 3 is 2.22 bits per heavy atom. The van der Waals surface area contributed by atoms with Gasteiger partial charge in [0.1, 0.15) is 18.2 Å². The van der Waals surface area contributed by atoms with Crippen molar-refractivity contribution in [2.24, 2.45) is 0 Å². The maximum absolute atomic E-state index is 14.0. The molecule has 0 saturated heterocycles. The summed E-state index contributed by atoms with van der Waals surface area (Å²) in [6, 6.07) is 19.8. The lowest BCUT2D eigenvalue weighted by molar-refractivity contribution is -0.438. The van der Waals surface area contributed by atoms with Crippen molar-refractivity contribution in [1.82, 2.24) is 0 Å². The Bertz CT molecular complexity index is 2360. The highest BCUT2D eigenvalue weighted by Crippen LogP contribution is 2.49. The number of ketones is 1. The number of hydrogen-bond acceptors (Lipinski definition) is 6. The van der Waals surface area contributed by atoms with E-state index in [0.717, 1.165) is 64.7 Å². The number of carboxylic acids is 1. The highest BCUT2D eigenvalue weighted by atomic mass is 32.1. The number of anilines is 1. The predicted molar refractivity (Wildman–Crippen MR) is 233 cm³/mol. The number of nitrogens with zero attached hydrogens (tertiary/aromatic N) is 3. The summed E-state index contributed by atoms with van der Waals surface area (Å²) in [5, 5.41) is 32.3. The van der Waals surface area contributed by atoms with Crippen LogP contribution >= 0.6 is 11.3 Å². The first kappa shape index (κ1) is 42.2. The zero-order chi connectivity index (χ0) is 41.6. The number of carbonyl (C=O) groups excluding carboxylic acids is 1. The van der Waals surface area contributed by atoms with Crippen molar-refractivity contribution in [3.8, 4) is 17.9 Å². The van der Waals surface area contributed by atoms with Crippen LogP contribution in [-0.4, -0.2) is 40.2 Å². The molecular weight excluding hydrogens is 739 g/mol. The number of para-hydroxylation sites is 1. The van der Waals surface area contributed by atoms with Crippen LogP contribution in [0.3, 0.4) is 0 Å². The minimum atomic E-state index is -1.26. The molecule has 0 fully saturated rings. The molecule has 0 amide bonds. The summed E-state index contributed by atoms with van der Waals surface area (Å²) in [5.41, 5.74) is 6.49. The molecule has 2 aromatic carbocycles. The van der Waals surface area contributed by atoms with Crippen molar-refractivity contribution in [2.45, 2.75) is 117 Å². The molecule has 0 radical (unpaired) electrons. The van der Waals surface area contributed by atoms with Crippen molar-refractivity contribution >= 4 is 46.3 Å². The zero-order valence-electron chi connectivity index (χ0n) is 34.8. The Hall–Kier alpha value is -5.44. The van der Waals surface area contributed by atoms with E-state index in [0.29, 0.717) is 4.88 Å². The van der Waals surface area contributed by atoms with E-state index in [1.54, 1.807) is 12.1 Å². The summed E-state index contributed by atoms with van der Waals surface area (Å²) in [4.78, 5) is 28.9. The molecule has 58 heavy (non-hydrogen) atoms. The SMILES string of the molecule is CCCCCCCCCCCC[N+]1=C(/C=C2/C(=O)C(/C=C3\N(CC)c4ccccc4C3(C)C)=C2[O-])C(C)(C)c2cc(C#Cc3ccc(/C=C(/C#N)C(=O)O)s3)ccc21. The molecule has 0 unspecified atom stereocenters. The first-order valence-electron chi connectivity index (χ1n) is 20.9. The van der Waals surface area contributed by atoms with Gasteiger partial charge in [-0.25, -0.2) is 4.79 Å². The van der Waals surface area contributed by atoms with Gasteiger partial charge in [-0.2, -0.15) is 9.84 Å². The molecule has 7 nitrogen and oxygen atoms in total. The third-order valence-electron chi connectivity index (χ3n) is 11.9. The van der Waals surface area contributed by atoms with Gasteiger partial charge in [0.15, 0.2) is 11.5 Å². The number of thiophene rings is 1. The Morgan fingerprint density at radius 2 is 1.57 bits per heavy atom. The van der Waals surface area contributed by atoms with Crippen LogP contribution in [0, 0.1) is 23.2 Å². The lowest BCUT2D eigenvalue weighted by Crippen LogP contribution is -2.35. The van der Waals surface area contributed by atoms with Gasteiger partial charge in [-0.05, 0) is 75.2 Å². The average molecular weight is 794 g/mol. The Kier molecular flexibility index (Phi) is 13.1. The fraction of sp³-hybridized carbons (Fsp3) is 0.400. The van der Waals surface area contributed by atoms with Crippen LogP contribution < -0.4 is 10.0 Å². The summed E-state index contributed by atoms with van der Waals surface area (Å²) in [6.07, 6.45) is 17.4. The molecular formula is C50H55N3O4S. The molecule has 6 rings (SSSR count). The van der Waals surface area contributed by atoms with E-state index in [9.17, 15) is 19.8 Å². The topological polar surface area (TPSA) is 107 Å². The van der Waals surface area contributed by atoms with Crippen LogP contribution in [0.1, 0.15) is 132 Å². The Morgan fingerprint density at radius 1 is 0.879 bits per heavy atom. The second-order valence-electron chi connectivity index (χ2n) is 16.5. The van der Waals surface area contributed by atoms with Gasteiger partial charge in [-0.15, -0.1) is 11.3 Å². The second kappa shape index (κ2) is 18.0. The maximum Gasteiger partial charge on any atom is 0.346 e. The number of hydrogen-bond donors (Lipinski definition) is 1. The third kappa shape index (κ3) is 8.54. The van der Waals surface area contributed by atoms with Gasteiger partial charge >= 0.3 is 5.97 Å². The van der Waals surface area contributed by atoms with Gasteiger partial charge in [-0.3, -0.25) is 4.79 Å². The molecule has 0 atom stereocenters. The van der Waals surface area contributed by atoms with Crippen LogP contribution in [-0.2, 0) is 20.4 Å². The van der Waals surface area contributed by atoms with E-state index in [4.69, 9.17) is 5.26 Å². The summed E-state index contributed by atoms with van der Waals surface area (Å²) < 4.78 is 2.31. The van der Waals surface area contributed by atoms with E-state index in [1.165, 1.54) is 74.3 Å².